The number of anilines is 1. The Balaban J connectivity index is 1.21. The average molecular weight is 494 g/mol. The van der Waals surface area contributed by atoms with Gasteiger partial charge in [0.05, 0.1) is 11.6 Å². The maximum absolute atomic E-state index is 12.9. The molecule has 0 radical (unpaired) electrons. The first kappa shape index (κ1) is 23.4. The highest BCUT2D eigenvalue weighted by molar-refractivity contribution is 6.35. The highest BCUT2D eigenvalue weighted by Crippen LogP contribution is 2.25. The zero-order valence-corrected chi connectivity index (χ0v) is 20.3. The Labute approximate surface area is 208 Å². The van der Waals surface area contributed by atoms with E-state index >= 15 is 0 Å². The largest absolute Gasteiger partial charge is 0.360 e. The van der Waals surface area contributed by atoms with Crippen LogP contribution >= 0.6 is 11.6 Å². The summed E-state index contributed by atoms with van der Waals surface area (Å²) in [5.74, 6) is -0.307. The number of amides is 3. The fourth-order valence-electron chi connectivity index (χ4n) is 4.90. The van der Waals surface area contributed by atoms with E-state index in [2.05, 4.69) is 15.6 Å². The van der Waals surface area contributed by atoms with Crippen molar-refractivity contribution in [2.45, 2.75) is 31.3 Å². The summed E-state index contributed by atoms with van der Waals surface area (Å²) in [5, 5.41) is 7.66. The van der Waals surface area contributed by atoms with Crippen LogP contribution in [0.15, 0.2) is 48.7 Å². The number of likely N-dealkylation sites (N-methyl/N-ethyl adjacent to an activating group) is 1. The van der Waals surface area contributed by atoms with Crippen LogP contribution in [0.2, 0.25) is 5.02 Å². The lowest BCUT2D eigenvalue weighted by Crippen LogP contribution is -2.49. The number of hydrogen-bond acceptors (Lipinski definition) is 4. The molecule has 2 heterocycles. The Morgan fingerprint density at radius 3 is 2.31 bits per heavy atom. The molecule has 2 aromatic carbocycles. The Kier molecular flexibility index (Phi) is 6.49. The minimum absolute atomic E-state index is 0.0546. The second-order valence-electron chi connectivity index (χ2n) is 9.32. The molecule has 2 aliphatic rings. The molecule has 1 aliphatic heterocycles. The minimum atomic E-state index is -0.185. The van der Waals surface area contributed by atoms with Gasteiger partial charge in [-0.3, -0.25) is 19.3 Å². The van der Waals surface area contributed by atoms with Crippen LogP contribution in [0.5, 0.6) is 0 Å². The molecular weight excluding hydrogens is 466 g/mol. The topological polar surface area (TPSA) is 97.5 Å². The number of aromatic amines is 1. The number of rotatable bonds is 5. The van der Waals surface area contributed by atoms with E-state index in [1.165, 1.54) is 0 Å². The molecule has 0 bridgehead atoms. The van der Waals surface area contributed by atoms with Crippen LogP contribution < -0.4 is 15.5 Å². The first-order valence-electron chi connectivity index (χ1n) is 11.9. The Morgan fingerprint density at radius 1 is 0.971 bits per heavy atom. The molecule has 2 atom stereocenters. The second-order valence-corrected chi connectivity index (χ2v) is 9.73. The first-order chi connectivity index (χ1) is 16.9. The zero-order valence-electron chi connectivity index (χ0n) is 19.5. The number of carbonyl (C=O) groups is 3. The number of hydrogen-bond donors (Lipinski definition) is 3. The summed E-state index contributed by atoms with van der Waals surface area (Å²) in [4.78, 5) is 44.9. The second kappa shape index (κ2) is 9.71. The molecular formula is C26H28ClN5O3. The summed E-state index contributed by atoms with van der Waals surface area (Å²) in [5.41, 5.74) is 2.68. The van der Waals surface area contributed by atoms with Crippen molar-refractivity contribution in [3.8, 4) is 0 Å². The van der Waals surface area contributed by atoms with Gasteiger partial charge in [0, 0.05) is 59.1 Å². The number of fused-ring (bicyclic) bond motifs is 1. The van der Waals surface area contributed by atoms with Crippen molar-refractivity contribution in [1.29, 1.82) is 0 Å². The molecule has 1 saturated heterocycles. The Bertz CT molecular complexity index is 1270. The number of benzene rings is 2. The molecule has 2 fully saturated rings. The van der Waals surface area contributed by atoms with Gasteiger partial charge in [-0.1, -0.05) is 17.7 Å². The molecule has 1 saturated carbocycles. The van der Waals surface area contributed by atoms with Crippen LogP contribution in [0, 0.1) is 0 Å². The van der Waals surface area contributed by atoms with E-state index in [0.717, 1.165) is 42.4 Å². The Morgan fingerprint density at radius 2 is 1.63 bits per heavy atom. The number of piperazine rings is 1. The van der Waals surface area contributed by atoms with Crippen molar-refractivity contribution in [1.82, 2.24) is 20.5 Å². The number of H-pyrrole nitrogens is 1. The fraction of sp³-hybridized carbons (Fsp3) is 0.346. The highest BCUT2D eigenvalue weighted by Gasteiger charge is 2.30. The Hall–Kier alpha value is -3.36. The number of nitrogens with one attached hydrogen (secondary N) is 3. The van der Waals surface area contributed by atoms with Gasteiger partial charge in [0.2, 0.25) is 5.91 Å². The SMILES string of the molecule is CN1CCN(c2ccc(C(=O)N[C@H]3CCC[C@H]3NC(=O)c3ccc4c(Cl)c[nH]c4c3)cc2)C(=O)C1. The van der Waals surface area contributed by atoms with Gasteiger partial charge in [0.25, 0.3) is 11.8 Å². The predicted molar refractivity (Wildman–Crippen MR) is 136 cm³/mol. The smallest absolute Gasteiger partial charge is 0.251 e. The number of aromatic nitrogens is 1. The van der Waals surface area contributed by atoms with Crippen LogP contribution in [0.25, 0.3) is 10.9 Å². The van der Waals surface area contributed by atoms with E-state index in [0.29, 0.717) is 29.2 Å². The van der Waals surface area contributed by atoms with Crippen LogP contribution in [-0.2, 0) is 4.79 Å². The lowest BCUT2D eigenvalue weighted by atomic mass is 10.1. The molecule has 0 spiro atoms. The van der Waals surface area contributed by atoms with Crippen LogP contribution in [0.4, 0.5) is 5.69 Å². The molecule has 1 aromatic heterocycles. The summed E-state index contributed by atoms with van der Waals surface area (Å²) in [6.07, 6.45) is 4.23. The van der Waals surface area contributed by atoms with E-state index in [1.807, 2.05) is 30.1 Å². The summed E-state index contributed by atoms with van der Waals surface area (Å²) in [7, 11) is 1.93. The van der Waals surface area contributed by atoms with E-state index in [9.17, 15) is 14.4 Å². The third-order valence-corrected chi connectivity index (χ3v) is 7.21. The summed E-state index contributed by atoms with van der Waals surface area (Å²) < 4.78 is 0. The van der Waals surface area contributed by atoms with Crippen molar-refractivity contribution in [2.75, 3.05) is 31.6 Å². The zero-order chi connectivity index (χ0) is 24.5. The molecule has 1 aliphatic carbocycles. The number of nitrogens with zero attached hydrogens (tertiary/aromatic N) is 2. The maximum atomic E-state index is 12.9. The number of halogens is 1. The summed E-state index contributed by atoms with van der Waals surface area (Å²) >= 11 is 6.13. The van der Waals surface area contributed by atoms with Crippen molar-refractivity contribution < 1.29 is 14.4 Å². The van der Waals surface area contributed by atoms with E-state index in [1.54, 1.807) is 35.4 Å². The number of carbonyl (C=O) groups excluding carboxylic acids is 3. The van der Waals surface area contributed by atoms with Gasteiger partial charge < -0.3 is 20.5 Å². The summed E-state index contributed by atoms with van der Waals surface area (Å²) in [6.45, 7) is 1.84. The molecule has 8 nitrogen and oxygen atoms in total. The van der Waals surface area contributed by atoms with Gasteiger partial charge in [-0.05, 0) is 62.7 Å². The third kappa shape index (κ3) is 4.90. The van der Waals surface area contributed by atoms with E-state index in [4.69, 9.17) is 11.6 Å². The molecule has 3 N–H and O–H groups in total. The van der Waals surface area contributed by atoms with Gasteiger partial charge in [0.15, 0.2) is 0 Å². The molecule has 0 unspecified atom stereocenters. The van der Waals surface area contributed by atoms with E-state index in [-0.39, 0.29) is 29.8 Å². The summed E-state index contributed by atoms with van der Waals surface area (Å²) in [6, 6.07) is 12.2. The standard InChI is InChI=1S/C26H28ClN5O3/c1-31-11-12-32(24(33)15-31)18-8-5-16(6-9-18)25(34)29-21-3-2-4-22(21)30-26(35)17-7-10-19-20(27)14-28-23(19)13-17/h5-10,13-14,21-22,28H,2-4,11-12,15H2,1H3,(H,29,34)(H,30,35)/t21-,22+/m0/s1. The molecule has 5 rings (SSSR count). The van der Waals surface area contributed by atoms with Gasteiger partial charge in [-0.2, -0.15) is 0 Å². The average Bonchev–Trinajstić information content (AvgIpc) is 3.45. The molecule has 3 aromatic rings. The molecule has 35 heavy (non-hydrogen) atoms. The van der Waals surface area contributed by atoms with Gasteiger partial charge >= 0.3 is 0 Å². The maximum Gasteiger partial charge on any atom is 0.251 e. The lowest BCUT2D eigenvalue weighted by Gasteiger charge is -2.32. The van der Waals surface area contributed by atoms with Crippen molar-refractivity contribution >= 4 is 45.9 Å². The minimum Gasteiger partial charge on any atom is -0.360 e. The van der Waals surface area contributed by atoms with E-state index < -0.39 is 0 Å². The van der Waals surface area contributed by atoms with Crippen LogP contribution in [0.3, 0.4) is 0 Å². The van der Waals surface area contributed by atoms with Gasteiger partial charge in [0.1, 0.15) is 0 Å². The predicted octanol–water partition coefficient (Wildman–Crippen LogP) is 3.18. The molecule has 9 heteroatoms. The quantitative estimate of drug-likeness (QED) is 0.508. The van der Waals surface area contributed by atoms with Crippen LogP contribution in [0.1, 0.15) is 40.0 Å². The van der Waals surface area contributed by atoms with Crippen LogP contribution in [-0.4, -0.2) is 66.4 Å². The molecule has 182 valence electrons. The van der Waals surface area contributed by atoms with Gasteiger partial charge in [-0.15, -0.1) is 0 Å². The first-order valence-corrected chi connectivity index (χ1v) is 12.2. The fourth-order valence-corrected chi connectivity index (χ4v) is 5.12. The monoisotopic (exact) mass is 493 g/mol. The highest BCUT2D eigenvalue weighted by atomic mass is 35.5. The van der Waals surface area contributed by atoms with Crippen molar-refractivity contribution in [3.05, 3.63) is 64.8 Å². The third-order valence-electron chi connectivity index (χ3n) is 6.90. The normalized spacial score (nSPS) is 20.9. The van der Waals surface area contributed by atoms with Gasteiger partial charge in [-0.25, -0.2) is 0 Å². The lowest BCUT2D eigenvalue weighted by molar-refractivity contribution is -0.120. The van der Waals surface area contributed by atoms with Crippen molar-refractivity contribution in [3.63, 3.8) is 0 Å². The van der Waals surface area contributed by atoms with Crippen molar-refractivity contribution in [2.24, 2.45) is 0 Å². The molecule has 3 amide bonds.